The number of anilines is 3. The average Bonchev–Trinajstić information content (AvgIpc) is 3.44. The molecule has 5 nitrogen and oxygen atoms in total. The minimum atomic E-state index is -0.538. The van der Waals surface area contributed by atoms with Gasteiger partial charge >= 0.3 is 0 Å². The van der Waals surface area contributed by atoms with Crippen LogP contribution >= 0.6 is 11.6 Å². The summed E-state index contributed by atoms with van der Waals surface area (Å²) in [5, 5.41) is 8.52. The molecule has 2 aromatic carbocycles. The number of halogens is 2. The van der Waals surface area contributed by atoms with E-state index < -0.39 is 5.82 Å². The van der Waals surface area contributed by atoms with E-state index in [2.05, 4.69) is 16.0 Å². The Morgan fingerprint density at radius 3 is 2.50 bits per heavy atom. The second kappa shape index (κ2) is 7.74. The van der Waals surface area contributed by atoms with Gasteiger partial charge in [0, 0.05) is 23.0 Å². The van der Waals surface area contributed by atoms with Crippen molar-refractivity contribution >= 4 is 40.5 Å². The number of benzene rings is 2. The third-order valence-electron chi connectivity index (χ3n) is 4.10. The van der Waals surface area contributed by atoms with Crippen molar-refractivity contribution in [1.29, 1.82) is 0 Å². The van der Waals surface area contributed by atoms with Crippen molar-refractivity contribution in [3.63, 3.8) is 0 Å². The Morgan fingerprint density at radius 1 is 1.12 bits per heavy atom. The smallest absolute Gasteiger partial charge is 0.243 e. The van der Waals surface area contributed by atoms with E-state index >= 15 is 0 Å². The maximum atomic E-state index is 13.1. The van der Waals surface area contributed by atoms with E-state index in [1.54, 1.807) is 6.07 Å². The molecule has 7 heteroatoms. The summed E-state index contributed by atoms with van der Waals surface area (Å²) in [4.78, 5) is 23.9. The van der Waals surface area contributed by atoms with Gasteiger partial charge in [-0.2, -0.15) is 0 Å². The van der Waals surface area contributed by atoms with Crippen LogP contribution in [-0.2, 0) is 9.59 Å². The molecular weight excluding hydrogens is 357 g/mol. The molecule has 1 aliphatic rings. The summed E-state index contributed by atoms with van der Waals surface area (Å²) in [5.74, 6) is -0.672. The SMILES string of the molecule is Cc1ccc(NC(=O)C2CC2)cc1NCC(=O)Nc1ccc(F)c(Cl)c1. The number of hydrogen-bond donors (Lipinski definition) is 3. The third-order valence-corrected chi connectivity index (χ3v) is 4.39. The summed E-state index contributed by atoms with van der Waals surface area (Å²) in [7, 11) is 0. The largest absolute Gasteiger partial charge is 0.376 e. The van der Waals surface area contributed by atoms with Gasteiger partial charge in [0.2, 0.25) is 11.8 Å². The maximum absolute atomic E-state index is 13.1. The lowest BCUT2D eigenvalue weighted by atomic mass is 10.1. The van der Waals surface area contributed by atoms with E-state index in [-0.39, 0.29) is 29.3 Å². The van der Waals surface area contributed by atoms with Gasteiger partial charge in [0.15, 0.2) is 0 Å². The van der Waals surface area contributed by atoms with Crippen molar-refractivity contribution in [2.45, 2.75) is 19.8 Å². The predicted molar refractivity (Wildman–Crippen MR) is 101 cm³/mol. The van der Waals surface area contributed by atoms with E-state index in [4.69, 9.17) is 11.6 Å². The van der Waals surface area contributed by atoms with Crippen molar-refractivity contribution in [3.8, 4) is 0 Å². The zero-order valence-corrected chi connectivity index (χ0v) is 15.0. The molecule has 2 aromatic rings. The molecule has 0 spiro atoms. The van der Waals surface area contributed by atoms with Crippen LogP contribution in [-0.4, -0.2) is 18.4 Å². The van der Waals surface area contributed by atoms with E-state index in [1.807, 2.05) is 19.1 Å². The van der Waals surface area contributed by atoms with Gasteiger partial charge in [0.25, 0.3) is 0 Å². The van der Waals surface area contributed by atoms with E-state index in [0.29, 0.717) is 11.4 Å². The van der Waals surface area contributed by atoms with Crippen LogP contribution in [0.15, 0.2) is 36.4 Å². The molecule has 1 fully saturated rings. The number of amides is 2. The number of hydrogen-bond acceptors (Lipinski definition) is 3. The molecule has 136 valence electrons. The van der Waals surface area contributed by atoms with Gasteiger partial charge in [-0.3, -0.25) is 9.59 Å². The lowest BCUT2D eigenvalue weighted by Gasteiger charge is -2.13. The number of carbonyl (C=O) groups excluding carboxylic acids is 2. The lowest BCUT2D eigenvalue weighted by Crippen LogP contribution is -2.22. The summed E-state index contributed by atoms with van der Waals surface area (Å²) < 4.78 is 13.1. The Balaban J connectivity index is 1.58. The Bertz CT molecular complexity index is 853. The van der Waals surface area contributed by atoms with Crippen molar-refractivity contribution in [2.75, 3.05) is 22.5 Å². The fraction of sp³-hybridized carbons (Fsp3) is 0.263. The molecule has 0 aromatic heterocycles. The van der Waals surface area contributed by atoms with Gasteiger partial charge < -0.3 is 16.0 Å². The normalized spacial score (nSPS) is 13.2. The highest BCUT2D eigenvalue weighted by atomic mass is 35.5. The molecule has 0 bridgehead atoms. The van der Waals surface area contributed by atoms with Crippen LogP contribution in [0, 0.1) is 18.7 Å². The maximum Gasteiger partial charge on any atom is 0.243 e. The van der Waals surface area contributed by atoms with Gasteiger partial charge in [0.05, 0.1) is 11.6 Å². The standard InChI is InChI=1S/C19H19ClFN3O2/c1-11-2-5-14(24-19(26)12-3-4-12)9-17(11)22-10-18(25)23-13-6-7-16(21)15(20)8-13/h2,5-9,12,22H,3-4,10H2,1H3,(H,23,25)(H,24,26). The summed E-state index contributed by atoms with van der Waals surface area (Å²) in [6, 6.07) is 9.51. The molecule has 0 atom stereocenters. The zero-order chi connectivity index (χ0) is 18.7. The molecule has 26 heavy (non-hydrogen) atoms. The van der Waals surface area contributed by atoms with Gasteiger partial charge in [-0.25, -0.2) is 4.39 Å². The number of carbonyl (C=O) groups is 2. The van der Waals surface area contributed by atoms with Gasteiger partial charge in [-0.05, 0) is 55.7 Å². The van der Waals surface area contributed by atoms with Crippen LogP contribution in [0.2, 0.25) is 5.02 Å². The Kier molecular flexibility index (Phi) is 5.42. The Hall–Kier alpha value is -2.60. The summed E-state index contributed by atoms with van der Waals surface area (Å²) in [5.41, 5.74) is 2.82. The van der Waals surface area contributed by atoms with Crippen LogP contribution in [0.1, 0.15) is 18.4 Å². The van der Waals surface area contributed by atoms with Crippen LogP contribution in [0.3, 0.4) is 0 Å². The number of nitrogens with one attached hydrogen (secondary N) is 3. The first kappa shape index (κ1) is 18.2. The first-order chi connectivity index (χ1) is 12.4. The molecule has 0 heterocycles. The first-order valence-corrected chi connectivity index (χ1v) is 8.70. The molecule has 0 unspecified atom stereocenters. The highest BCUT2D eigenvalue weighted by molar-refractivity contribution is 6.31. The highest BCUT2D eigenvalue weighted by Crippen LogP contribution is 2.30. The van der Waals surface area contributed by atoms with Gasteiger partial charge in [-0.1, -0.05) is 17.7 Å². The summed E-state index contributed by atoms with van der Waals surface area (Å²) in [6.07, 6.45) is 1.88. The van der Waals surface area contributed by atoms with E-state index in [0.717, 1.165) is 24.1 Å². The van der Waals surface area contributed by atoms with Crippen LogP contribution in [0.5, 0.6) is 0 Å². The second-order valence-electron chi connectivity index (χ2n) is 6.32. The van der Waals surface area contributed by atoms with Gasteiger partial charge in [-0.15, -0.1) is 0 Å². The monoisotopic (exact) mass is 375 g/mol. The van der Waals surface area contributed by atoms with Crippen molar-refractivity contribution < 1.29 is 14.0 Å². The average molecular weight is 376 g/mol. The predicted octanol–water partition coefficient (Wildman–Crippen LogP) is 4.19. The lowest BCUT2D eigenvalue weighted by molar-refractivity contribution is -0.117. The Labute approximate surface area is 155 Å². The molecule has 0 aliphatic heterocycles. The molecule has 2 amide bonds. The van der Waals surface area contributed by atoms with E-state index in [1.165, 1.54) is 18.2 Å². The summed E-state index contributed by atoms with van der Waals surface area (Å²) >= 11 is 5.70. The topological polar surface area (TPSA) is 70.2 Å². The molecule has 0 saturated heterocycles. The first-order valence-electron chi connectivity index (χ1n) is 8.32. The van der Waals surface area contributed by atoms with Gasteiger partial charge in [0.1, 0.15) is 5.82 Å². The minimum Gasteiger partial charge on any atom is -0.376 e. The molecule has 3 rings (SSSR count). The van der Waals surface area contributed by atoms with Crippen LogP contribution in [0.25, 0.3) is 0 Å². The molecular formula is C19H19ClFN3O2. The van der Waals surface area contributed by atoms with Crippen molar-refractivity contribution in [3.05, 3.63) is 52.8 Å². The Morgan fingerprint density at radius 2 is 1.81 bits per heavy atom. The highest BCUT2D eigenvalue weighted by Gasteiger charge is 2.29. The third kappa shape index (κ3) is 4.73. The van der Waals surface area contributed by atoms with Crippen LogP contribution < -0.4 is 16.0 Å². The van der Waals surface area contributed by atoms with Crippen LogP contribution in [0.4, 0.5) is 21.5 Å². The number of aryl methyl sites for hydroxylation is 1. The van der Waals surface area contributed by atoms with Crippen molar-refractivity contribution in [1.82, 2.24) is 0 Å². The molecule has 1 saturated carbocycles. The molecule has 1 aliphatic carbocycles. The van der Waals surface area contributed by atoms with Crippen molar-refractivity contribution in [2.24, 2.45) is 5.92 Å². The van der Waals surface area contributed by atoms with E-state index in [9.17, 15) is 14.0 Å². The quantitative estimate of drug-likeness (QED) is 0.709. The molecule has 0 radical (unpaired) electrons. The fourth-order valence-corrected chi connectivity index (χ4v) is 2.62. The molecule has 3 N–H and O–H groups in total. The summed E-state index contributed by atoms with van der Waals surface area (Å²) in [6.45, 7) is 1.93. The minimum absolute atomic E-state index is 0.0237. The number of rotatable bonds is 6. The second-order valence-corrected chi connectivity index (χ2v) is 6.73. The fourth-order valence-electron chi connectivity index (χ4n) is 2.43. The zero-order valence-electron chi connectivity index (χ0n) is 14.2.